The average molecular weight is 196 g/mol. The zero-order chi connectivity index (χ0) is 10.4. The molecule has 1 heterocycles. The zero-order valence-corrected chi connectivity index (χ0v) is 8.69. The Bertz CT molecular complexity index is 294. The van der Waals surface area contributed by atoms with Crippen molar-refractivity contribution in [3.8, 4) is 0 Å². The van der Waals surface area contributed by atoms with Crippen LogP contribution in [0, 0.1) is 0 Å². The van der Waals surface area contributed by atoms with Gasteiger partial charge in [-0.1, -0.05) is 0 Å². The molecule has 78 valence electrons. The standard InChI is InChI=1S/C10H16N2O2/c1-12-7-9(6-11-12)4-3-5-10(13)8-14-2/h6-7H,3-5,8H2,1-2H3. The molecule has 0 aliphatic rings. The van der Waals surface area contributed by atoms with Gasteiger partial charge in [-0.25, -0.2) is 0 Å². The molecule has 1 aromatic rings. The summed E-state index contributed by atoms with van der Waals surface area (Å²) < 4.78 is 6.51. The lowest BCUT2D eigenvalue weighted by Crippen LogP contribution is -2.06. The van der Waals surface area contributed by atoms with Crippen LogP contribution in [0.4, 0.5) is 0 Å². The van der Waals surface area contributed by atoms with Crippen molar-refractivity contribution >= 4 is 5.78 Å². The predicted octanol–water partition coefficient (Wildman–Crippen LogP) is 0.958. The van der Waals surface area contributed by atoms with Crippen LogP contribution in [-0.2, 0) is 23.0 Å². The molecular weight excluding hydrogens is 180 g/mol. The minimum atomic E-state index is 0.163. The van der Waals surface area contributed by atoms with E-state index in [9.17, 15) is 4.79 Å². The van der Waals surface area contributed by atoms with Crippen molar-refractivity contribution in [3.05, 3.63) is 18.0 Å². The van der Waals surface area contributed by atoms with E-state index >= 15 is 0 Å². The number of nitrogens with zero attached hydrogens (tertiary/aromatic N) is 2. The summed E-state index contributed by atoms with van der Waals surface area (Å²) in [7, 11) is 3.43. The number of carbonyl (C=O) groups excluding carboxylic acids is 1. The van der Waals surface area contributed by atoms with Gasteiger partial charge in [0.1, 0.15) is 6.61 Å². The van der Waals surface area contributed by atoms with E-state index in [-0.39, 0.29) is 12.4 Å². The van der Waals surface area contributed by atoms with Gasteiger partial charge in [0.15, 0.2) is 5.78 Å². The summed E-state index contributed by atoms with van der Waals surface area (Å²) >= 11 is 0. The quantitative estimate of drug-likeness (QED) is 0.680. The number of hydrogen-bond donors (Lipinski definition) is 0. The largest absolute Gasteiger partial charge is 0.377 e. The number of aromatic nitrogens is 2. The van der Waals surface area contributed by atoms with E-state index in [1.807, 2.05) is 19.4 Å². The fraction of sp³-hybridized carbons (Fsp3) is 0.600. The lowest BCUT2D eigenvalue weighted by molar-refractivity contribution is -0.122. The third-order valence-electron chi connectivity index (χ3n) is 1.98. The number of methoxy groups -OCH3 is 1. The van der Waals surface area contributed by atoms with Crippen LogP contribution in [0.25, 0.3) is 0 Å². The Morgan fingerprint density at radius 2 is 2.43 bits per heavy atom. The van der Waals surface area contributed by atoms with Gasteiger partial charge in [-0.3, -0.25) is 9.48 Å². The third kappa shape index (κ3) is 3.70. The average Bonchev–Trinajstić information content (AvgIpc) is 2.52. The second kappa shape index (κ2) is 5.54. The first-order valence-corrected chi connectivity index (χ1v) is 4.70. The SMILES string of the molecule is COCC(=O)CCCc1cnn(C)c1. The number of ketones is 1. The van der Waals surface area contributed by atoms with Crippen molar-refractivity contribution in [1.82, 2.24) is 9.78 Å². The molecule has 0 radical (unpaired) electrons. The van der Waals surface area contributed by atoms with Crippen molar-refractivity contribution in [2.24, 2.45) is 7.05 Å². The lowest BCUT2D eigenvalue weighted by Gasteiger charge is -1.98. The maximum Gasteiger partial charge on any atom is 0.158 e. The number of hydrogen-bond acceptors (Lipinski definition) is 3. The normalized spacial score (nSPS) is 10.4. The number of rotatable bonds is 6. The maximum atomic E-state index is 11.1. The van der Waals surface area contributed by atoms with Gasteiger partial charge in [-0.05, 0) is 18.4 Å². The van der Waals surface area contributed by atoms with Crippen LogP contribution in [0.15, 0.2) is 12.4 Å². The summed E-state index contributed by atoms with van der Waals surface area (Å²) in [5, 5.41) is 4.06. The van der Waals surface area contributed by atoms with Crippen LogP contribution in [0.2, 0.25) is 0 Å². The van der Waals surface area contributed by atoms with E-state index in [0.29, 0.717) is 6.42 Å². The van der Waals surface area contributed by atoms with E-state index < -0.39 is 0 Å². The van der Waals surface area contributed by atoms with E-state index in [2.05, 4.69) is 5.10 Å². The summed E-state index contributed by atoms with van der Waals surface area (Å²) in [5.74, 6) is 0.163. The molecule has 1 rings (SSSR count). The van der Waals surface area contributed by atoms with Crippen molar-refractivity contribution < 1.29 is 9.53 Å². The molecule has 0 aliphatic heterocycles. The second-order valence-electron chi connectivity index (χ2n) is 3.35. The molecule has 0 saturated heterocycles. The highest BCUT2D eigenvalue weighted by Crippen LogP contribution is 2.03. The Morgan fingerprint density at radius 3 is 3.00 bits per heavy atom. The number of Topliss-reactive ketones (excluding diaryl/α,β-unsaturated/α-hetero) is 1. The number of carbonyl (C=O) groups is 1. The van der Waals surface area contributed by atoms with Gasteiger partial charge in [0.05, 0.1) is 6.20 Å². The first kappa shape index (κ1) is 10.9. The van der Waals surface area contributed by atoms with E-state index in [1.54, 1.807) is 11.8 Å². The molecule has 0 unspecified atom stereocenters. The van der Waals surface area contributed by atoms with Crippen LogP contribution in [0.5, 0.6) is 0 Å². The first-order valence-electron chi connectivity index (χ1n) is 4.70. The molecule has 0 atom stereocenters. The Morgan fingerprint density at radius 1 is 1.64 bits per heavy atom. The van der Waals surface area contributed by atoms with Crippen LogP contribution >= 0.6 is 0 Å². The van der Waals surface area contributed by atoms with Gasteiger partial charge >= 0.3 is 0 Å². The van der Waals surface area contributed by atoms with Crippen LogP contribution in [0.3, 0.4) is 0 Å². The van der Waals surface area contributed by atoms with Gasteiger partial charge < -0.3 is 4.74 Å². The Hall–Kier alpha value is -1.16. The lowest BCUT2D eigenvalue weighted by atomic mass is 10.1. The summed E-state index contributed by atoms with van der Waals surface area (Å²) in [6.45, 7) is 0.229. The second-order valence-corrected chi connectivity index (χ2v) is 3.35. The monoisotopic (exact) mass is 196 g/mol. The fourth-order valence-corrected chi connectivity index (χ4v) is 1.32. The highest BCUT2D eigenvalue weighted by molar-refractivity contribution is 5.79. The summed E-state index contributed by atoms with van der Waals surface area (Å²) in [6, 6.07) is 0. The van der Waals surface area contributed by atoms with Crippen LogP contribution in [-0.4, -0.2) is 29.3 Å². The van der Waals surface area contributed by atoms with Gasteiger partial charge in [0, 0.05) is 26.8 Å². The van der Waals surface area contributed by atoms with Crippen molar-refractivity contribution in [2.45, 2.75) is 19.3 Å². The summed E-state index contributed by atoms with van der Waals surface area (Å²) in [5.41, 5.74) is 1.18. The molecule has 4 heteroatoms. The number of aryl methyl sites for hydroxylation is 2. The molecule has 14 heavy (non-hydrogen) atoms. The molecule has 0 bridgehead atoms. The van der Waals surface area contributed by atoms with Gasteiger partial charge in [0.25, 0.3) is 0 Å². The topological polar surface area (TPSA) is 44.1 Å². The van der Waals surface area contributed by atoms with E-state index in [0.717, 1.165) is 12.8 Å². The Kier molecular flexibility index (Phi) is 4.32. The van der Waals surface area contributed by atoms with Crippen molar-refractivity contribution in [3.63, 3.8) is 0 Å². The molecule has 0 saturated carbocycles. The van der Waals surface area contributed by atoms with Gasteiger partial charge in [0.2, 0.25) is 0 Å². The van der Waals surface area contributed by atoms with E-state index in [4.69, 9.17) is 4.74 Å². The Balaban J connectivity index is 2.18. The molecule has 0 aliphatic carbocycles. The smallest absolute Gasteiger partial charge is 0.158 e. The first-order chi connectivity index (χ1) is 6.72. The van der Waals surface area contributed by atoms with Crippen molar-refractivity contribution in [2.75, 3.05) is 13.7 Å². The zero-order valence-electron chi connectivity index (χ0n) is 8.69. The Labute approximate surface area is 83.9 Å². The highest BCUT2D eigenvalue weighted by Gasteiger charge is 2.01. The maximum absolute atomic E-state index is 11.1. The summed E-state index contributed by atoms with van der Waals surface area (Å²) in [4.78, 5) is 11.1. The van der Waals surface area contributed by atoms with Crippen LogP contribution < -0.4 is 0 Å². The van der Waals surface area contributed by atoms with Crippen molar-refractivity contribution in [1.29, 1.82) is 0 Å². The minimum absolute atomic E-state index is 0.163. The predicted molar refractivity (Wildman–Crippen MR) is 53.0 cm³/mol. The third-order valence-corrected chi connectivity index (χ3v) is 1.98. The molecule has 0 fully saturated rings. The molecule has 0 N–H and O–H groups in total. The van der Waals surface area contributed by atoms with Gasteiger partial charge in [-0.15, -0.1) is 0 Å². The van der Waals surface area contributed by atoms with Gasteiger partial charge in [-0.2, -0.15) is 5.10 Å². The molecule has 0 aromatic carbocycles. The molecule has 0 spiro atoms. The molecule has 1 aromatic heterocycles. The minimum Gasteiger partial charge on any atom is -0.377 e. The van der Waals surface area contributed by atoms with E-state index in [1.165, 1.54) is 5.56 Å². The summed E-state index contributed by atoms with van der Waals surface area (Å²) in [6.07, 6.45) is 6.17. The fourth-order valence-electron chi connectivity index (χ4n) is 1.32. The molecular formula is C10H16N2O2. The highest BCUT2D eigenvalue weighted by atomic mass is 16.5. The molecule has 0 amide bonds. The number of ether oxygens (including phenoxy) is 1. The molecule has 4 nitrogen and oxygen atoms in total. The van der Waals surface area contributed by atoms with Crippen LogP contribution in [0.1, 0.15) is 18.4 Å².